The van der Waals surface area contributed by atoms with Gasteiger partial charge in [0.1, 0.15) is 23.2 Å². The number of Topliss-reactive ketones (excluding diaryl/α,β-unsaturated/α-hetero) is 1. The van der Waals surface area contributed by atoms with Crippen LogP contribution in [0, 0.1) is 36.5 Å². The summed E-state index contributed by atoms with van der Waals surface area (Å²) in [6, 6.07) is 13.6. The van der Waals surface area contributed by atoms with E-state index >= 15 is 0 Å². The Morgan fingerprint density at radius 3 is 1.74 bits per heavy atom. The lowest BCUT2D eigenvalue weighted by Gasteiger charge is -2.56. The number of hydrogen-bond donors (Lipinski definition) is 3. The second-order valence-electron chi connectivity index (χ2n) is 22.4. The highest BCUT2D eigenvalue weighted by atomic mass is 16.6. The van der Waals surface area contributed by atoms with Crippen LogP contribution in [0.1, 0.15) is 160 Å². The predicted octanol–water partition coefficient (Wildman–Crippen LogP) is 9.08. The Morgan fingerprint density at radius 2 is 1.29 bits per heavy atom. The molecule has 4 aliphatic carbocycles. The summed E-state index contributed by atoms with van der Waals surface area (Å²) in [5.41, 5.74) is 12.1. The second-order valence-corrected chi connectivity index (χ2v) is 22.4. The zero-order chi connectivity index (χ0) is 48.1. The van der Waals surface area contributed by atoms with E-state index in [0.29, 0.717) is 42.5 Å². The van der Waals surface area contributed by atoms with Crippen LogP contribution in [-0.4, -0.2) is 101 Å². The van der Waals surface area contributed by atoms with E-state index in [9.17, 15) is 24.3 Å². The summed E-state index contributed by atoms with van der Waals surface area (Å²) in [4.78, 5) is 51.5. The molecule has 4 fully saturated rings. The number of nitrogens with two attached hydrogens (primary N) is 1. The van der Waals surface area contributed by atoms with Crippen molar-refractivity contribution in [3.63, 3.8) is 0 Å². The summed E-state index contributed by atoms with van der Waals surface area (Å²) in [6.45, 7) is 20.6. The molecule has 6 aliphatic rings. The molecule has 0 aromatic heterocycles. The molecule has 4 bridgehead atoms. The van der Waals surface area contributed by atoms with Crippen molar-refractivity contribution in [2.75, 3.05) is 33.3 Å². The summed E-state index contributed by atoms with van der Waals surface area (Å²) in [5.74, 6) is 1.70. The van der Waals surface area contributed by atoms with Crippen LogP contribution in [-0.2, 0) is 52.3 Å². The van der Waals surface area contributed by atoms with Crippen molar-refractivity contribution >= 4 is 23.7 Å². The Bertz CT molecular complexity index is 2020. The summed E-state index contributed by atoms with van der Waals surface area (Å²) in [6.07, 6.45) is 14.7. The Hall–Kier alpha value is -3.80. The number of fused-ring (bicyclic) bond motifs is 8. The van der Waals surface area contributed by atoms with Gasteiger partial charge < -0.3 is 25.4 Å². The average molecular weight is 914 g/mol. The smallest absolute Gasteiger partial charge is 0.323 e. The maximum Gasteiger partial charge on any atom is 0.323 e. The van der Waals surface area contributed by atoms with Crippen molar-refractivity contribution < 1.29 is 38.9 Å². The van der Waals surface area contributed by atoms with Crippen molar-refractivity contribution in [1.82, 2.24) is 9.80 Å². The molecule has 8 atom stereocenters. The number of aryl methyl sites for hydroxylation is 1. The first-order chi connectivity index (χ1) is 31.2. The fraction of sp³-hybridized carbons (Fsp3) is 0.709. The Kier molecular flexibility index (Phi) is 16.9. The highest BCUT2D eigenvalue weighted by Crippen LogP contribution is 2.54. The maximum absolute atomic E-state index is 12.5. The lowest BCUT2D eigenvalue weighted by Crippen LogP contribution is -2.59. The Morgan fingerprint density at radius 1 is 0.788 bits per heavy atom. The van der Waals surface area contributed by atoms with Crippen molar-refractivity contribution in [1.29, 1.82) is 0 Å². The van der Waals surface area contributed by atoms with Gasteiger partial charge in [0.15, 0.2) is 0 Å². The number of aromatic hydroxyl groups is 1. The molecule has 11 heteroatoms. The number of likely N-dealkylation sites (tertiary alicyclic amines) is 2. The van der Waals surface area contributed by atoms with E-state index in [-0.39, 0.29) is 40.9 Å². The summed E-state index contributed by atoms with van der Waals surface area (Å²) < 4.78 is 9.69. The summed E-state index contributed by atoms with van der Waals surface area (Å²) >= 11 is 0. The molecule has 0 spiro atoms. The number of carboxylic acid groups (broad SMARTS) is 1. The molecule has 0 amide bonds. The van der Waals surface area contributed by atoms with Gasteiger partial charge in [0, 0.05) is 55.3 Å². The topological polar surface area (TPSA) is 160 Å². The van der Waals surface area contributed by atoms with Crippen LogP contribution in [0.25, 0.3) is 0 Å². The molecule has 2 heterocycles. The number of methoxy groups -OCH3 is 1. The van der Waals surface area contributed by atoms with Crippen LogP contribution in [0.5, 0.6) is 5.75 Å². The van der Waals surface area contributed by atoms with Crippen molar-refractivity contribution in [2.24, 2.45) is 35.3 Å². The van der Waals surface area contributed by atoms with E-state index in [0.717, 1.165) is 56.9 Å². The number of carbonyl (C=O) groups excluding carboxylic acids is 3. The zero-order valence-electron chi connectivity index (χ0n) is 41.8. The van der Waals surface area contributed by atoms with Gasteiger partial charge in [-0.1, -0.05) is 50.6 Å². The number of benzene rings is 2. The molecule has 2 aromatic rings. The fourth-order valence-corrected chi connectivity index (χ4v) is 12.2. The predicted molar refractivity (Wildman–Crippen MR) is 259 cm³/mol. The number of piperidine rings is 2. The number of carboxylic acids is 1. The van der Waals surface area contributed by atoms with Gasteiger partial charge in [-0.2, -0.15) is 0 Å². The third kappa shape index (κ3) is 12.6. The van der Waals surface area contributed by atoms with Gasteiger partial charge in [-0.05, 0) is 183 Å². The van der Waals surface area contributed by atoms with E-state index in [1.807, 2.05) is 32.9 Å². The number of aliphatic carboxylic acids is 1. The second kappa shape index (κ2) is 21.7. The molecule has 11 nitrogen and oxygen atoms in total. The third-order valence-electron chi connectivity index (χ3n) is 16.2. The van der Waals surface area contributed by atoms with E-state index in [1.165, 1.54) is 93.1 Å². The largest absolute Gasteiger partial charge is 0.508 e. The molecule has 2 saturated carbocycles. The summed E-state index contributed by atoms with van der Waals surface area (Å²) in [5, 5.41) is 19.4. The van der Waals surface area contributed by atoms with Gasteiger partial charge in [-0.25, -0.2) is 0 Å². The van der Waals surface area contributed by atoms with E-state index in [2.05, 4.69) is 54.8 Å². The molecule has 0 radical (unpaired) electrons. The van der Waals surface area contributed by atoms with E-state index in [4.69, 9.17) is 20.3 Å². The quantitative estimate of drug-likeness (QED) is 0.138. The monoisotopic (exact) mass is 914 g/mol. The lowest BCUT2D eigenvalue weighted by molar-refractivity contribution is -0.156. The number of nitrogens with zero attached hydrogens (tertiary/aromatic N) is 2. The number of carbonyl (C=O) groups is 4. The Labute approximate surface area is 395 Å². The highest BCUT2D eigenvalue weighted by Gasteiger charge is 2.53. The molecule has 2 aromatic carbocycles. The molecular weight excluding hydrogens is 831 g/mol. The van der Waals surface area contributed by atoms with Gasteiger partial charge in [-0.15, -0.1) is 0 Å². The molecule has 2 aliphatic heterocycles. The van der Waals surface area contributed by atoms with E-state index in [1.54, 1.807) is 13.8 Å². The lowest BCUT2D eigenvalue weighted by atomic mass is 9.56. The van der Waals surface area contributed by atoms with Crippen molar-refractivity contribution in [3.8, 4) is 5.75 Å². The molecule has 2 saturated heterocycles. The van der Waals surface area contributed by atoms with E-state index < -0.39 is 17.6 Å². The van der Waals surface area contributed by atoms with Crippen LogP contribution >= 0.6 is 0 Å². The number of phenolic OH excluding ortho intramolecular Hbond substituents is 1. The van der Waals surface area contributed by atoms with Gasteiger partial charge in [0.05, 0.1) is 13.0 Å². The minimum Gasteiger partial charge on any atom is -0.508 e. The number of ether oxygens (including phenoxy) is 2. The first-order valence-corrected chi connectivity index (χ1v) is 25.4. The van der Waals surface area contributed by atoms with Crippen molar-refractivity contribution in [3.05, 3.63) is 64.2 Å². The SMILES string of the molecule is COC(=O)[C@H](C)CC(=O)CCC[C@]12CCN(CC3CC3)[C@H](Cc3ccc(O)cc31)[C@@H]2C.C[C@H](N)C(=O)OC(C)(C)C.Cc1ccc2c(c1)[C@]1(CCCC(=O)O)CCN(CC3CC3)[C@H](C2)[C@@H]1C. The molecule has 4 N–H and O–H groups in total. The standard InChI is InChI=1S/C26H37NO4.C22H31NO2.C7H15NO2/c1-17(25(30)31-3)13-21(28)5-4-10-26-11-12-27(16-19-6-7-19)24(18(26)2)14-20-8-9-22(29)15-23(20)26;1-15-5-8-18-13-20-16(2)22(19(18)12-15,9-3-4-21(24)25)10-11-23(20)14-17-6-7-17;1-5(8)6(9)10-7(2,3)4/h8-9,15,17-19,24,29H,4-7,10-14,16H2,1-3H3;5,8,12,16-17,20H,3-4,6-7,9-11,13-14H2,1-2H3,(H,24,25);5H,8H2,1-4H3/t17-,18+,24-,26-;16-,20+,22+;5-/m100/s1. The first kappa shape index (κ1) is 51.6. The number of phenols is 1. The molecule has 8 rings (SSSR count). The van der Waals surface area contributed by atoms with Gasteiger partial charge in [0.2, 0.25) is 0 Å². The highest BCUT2D eigenvalue weighted by molar-refractivity contribution is 5.84. The third-order valence-corrected chi connectivity index (χ3v) is 16.2. The maximum atomic E-state index is 12.5. The number of hydrogen-bond acceptors (Lipinski definition) is 10. The average Bonchev–Trinajstić information content (AvgIpc) is 4.20. The van der Waals surface area contributed by atoms with Crippen LogP contribution < -0.4 is 5.73 Å². The fourth-order valence-electron chi connectivity index (χ4n) is 12.2. The number of esters is 2. The zero-order valence-corrected chi connectivity index (χ0v) is 41.8. The minimum atomic E-state index is -0.660. The van der Waals surface area contributed by atoms with Gasteiger partial charge in [0.25, 0.3) is 0 Å². The Balaban J connectivity index is 0.000000184. The normalized spacial score (nSPS) is 27.6. The van der Waals surface area contributed by atoms with Gasteiger partial charge >= 0.3 is 17.9 Å². The van der Waals surface area contributed by atoms with Crippen LogP contribution in [0.3, 0.4) is 0 Å². The molecule has 0 unspecified atom stereocenters. The minimum absolute atomic E-state index is 0.0191. The molecule has 66 heavy (non-hydrogen) atoms. The van der Waals surface area contributed by atoms with Crippen LogP contribution in [0.4, 0.5) is 0 Å². The van der Waals surface area contributed by atoms with Gasteiger partial charge in [-0.3, -0.25) is 29.0 Å². The van der Waals surface area contributed by atoms with Crippen LogP contribution in [0.15, 0.2) is 36.4 Å². The van der Waals surface area contributed by atoms with Crippen molar-refractivity contribution in [2.45, 2.75) is 186 Å². The first-order valence-electron chi connectivity index (χ1n) is 25.4. The van der Waals surface area contributed by atoms with Crippen LogP contribution in [0.2, 0.25) is 0 Å². The number of ketones is 1. The molecule has 366 valence electrons. The molecular formula is C55H83N3O8. The number of rotatable bonds is 16. The summed E-state index contributed by atoms with van der Waals surface area (Å²) in [7, 11) is 1.37.